The Morgan fingerprint density at radius 1 is 0.846 bits per heavy atom. The van der Waals surface area contributed by atoms with Crippen LogP contribution < -0.4 is 0 Å². The first kappa shape index (κ1) is 11.1. The van der Waals surface area contributed by atoms with Gasteiger partial charge in [-0.1, -0.05) is 48.5 Å². The Bertz CT molecular complexity index is 188. The van der Waals surface area contributed by atoms with Crippen molar-refractivity contribution < 1.29 is 0 Å². The molecule has 0 bridgehead atoms. The Morgan fingerprint density at radius 3 is 1.77 bits per heavy atom. The lowest BCUT2D eigenvalue weighted by Crippen LogP contribution is -2.49. The van der Waals surface area contributed by atoms with Crippen molar-refractivity contribution in [2.24, 2.45) is 28.6 Å². The molecule has 1 saturated carbocycles. The van der Waals surface area contributed by atoms with Gasteiger partial charge in [-0.2, -0.15) is 0 Å². The van der Waals surface area contributed by atoms with E-state index in [1.54, 1.807) is 0 Å². The lowest BCUT2D eigenvalue weighted by Gasteiger charge is -2.56. The molecule has 3 unspecified atom stereocenters. The van der Waals surface area contributed by atoms with Gasteiger partial charge in [0.2, 0.25) is 0 Å². The summed E-state index contributed by atoms with van der Waals surface area (Å²) in [6.07, 6.45) is 1.40. The van der Waals surface area contributed by atoms with Gasteiger partial charge in [0.15, 0.2) is 0 Å². The van der Waals surface area contributed by atoms with Crippen molar-refractivity contribution in [1.82, 2.24) is 0 Å². The van der Waals surface area contributed by atoms with Crippen molar-refractivity contribution >= 4 is 0 Å². The van der Waals surface area contributed by atoms with E-state index in [9.17, 15) is 0 Å². The summed E-state index contributed by atoms with van der Waals surface area (Å²) in [5.41, 5.74) is 0.961. The Kier molecular flexibility index (Phi) is 2.56. The van der Waals surface area contributed by atoms with Gasteiger partial charge in [-0.05, 0) is 35.0 Å². The van der Waals surface area contributed by atoms with Gasteiger partial charge >= 0.3 is 0 Å². The van der Waals surface area contributed by atoms with Gasteiger partial charge in [0, 0.05) is 0 Å². The van der Waals surface area contributed by atoms with Crippen LogP contribution in [0.3, 0.4) is 0 Å². The molecule has 1 aliphatic rings. The molecular weight excluding hydrogens is 156 g/mol. The van der Waals surface area contributed by atoms with Crippen molar-refractivity contribution in [3.05, 3.63) is 0 Å². The zero-order valence-electron chi connectivity index (χ0n) is 10.4. The standard InChI is InChI=1S/C13H26/c1-9-8-10(2)12(4,5)13(6,7)11(9)3/h9-11H,8H2,1-7H3. The average Bonchev–Trinajstić information content (AvgIpc) is 2.00. The third-order valence-electron chi connectivity index (χ3n) is 5.61. The summed E-state index contributed by atoms with van der Waals surface area (Å²) in [6.45, 7) is 17.0. The van der Waals surface area contributed by atoms with E-state index in [1.807, 2.05) is 0 Å². The molecule has 0 saturated heterocycles. The van der Waals surface area contributed by atoms with Crippen molar-refractivity contribution in [1.29, 1.82) is 0 Å². The minimum atomic E-state index is 0.476. The maximum atomic E-state index is 2.45. The highest BCUT2D eigenvalue weighted by molar-refractivity contribution is 4.98. The van der Waals surface area contributed by atoms with Crippen LogP contribution in [0.1, 0.15) is 54.9 Å². The topological polar surface area (TPSA) is 0 Å². The van der Waals surface area contributed by atoms with Crippen molar-refractivity contribution in [3.63, 3.8) is 0 Å². The molecule has 0 heteroatoms. The lowest BCUT2D eigenvalue weighted by atomic mass is 9.49. The molecule has 0 nitrogen and oxygen atoms in total. The molecule has 0 aromatic rings. The molecule has 3 atom stereocenters. The second-order valence-electron chi connectivity index (χ2n) is 6.35. The molecule has 0 N–H and O–H groups in total. The molecule has 0 heterocycles. The SMILES string of the molecule is CC1CC(C)C(C)(C)C(C)(C)C1C. The van der Waals surface area contributed by atoms with E-state index in [4.69, 9.17) is 0 Å². The van der Waals surface area contributed by atoms with E-state index in [0.29, 0.717) is 10.8 Å². The van der Waals surface area contributed by atoms with Gasteiger partial charge in [0.1, 0.15) is 0 Å². The minimum absolute atomic E-state index is 0.476. The fraction of sp³-hybridized carbons (Fsp3) is 1.00. The first-order valence-corrected chi connectivity index (χ1v) is 5.71. The molecule has 0 aliphatic heterocycles. The van der Waals surface area contributed by atoms with E-state index in [1.165, 1.54) is 6.42 Å². The highest BCUT2D eigenvalue weighted by Crippen LogP contribution is 2.57. The summed E-state index contributed by atoms with van der Waals surface area (Å²) in [4.78, 5) is 0. The average molecular weight is 182 g/mol. The summed E-state index contributed by atoms with van der Waals surface area (Å²) in [5.74, 6) is 2.59. The van der Waals surface area contributed by atoms with Crippen LogP contribution in [-0.4, -0.2) is 0 Å². The first-order valence-electron chi connectivity index (χ1n) is 5.71. The summed E-state index contributed by atoms with van der Waals surface area (Å²) in [5, 5.41) is 0. The maximum Gasteiger partial charge on any atom is -0.0272 e. The molecule has 0 aromatic heterocycles. The van der Waals surface area contributed by atoms with E-state index >= 15 is 0 Å². The van der Waals surface area contributed by atoms with Gasteiger partial charge in [0.05, 0.1) is 0 Å². The van der Waals surface area contributed by atoms with Crippen LogP contribution in [0.25, 0.3) is 0 Å². The van der Waals surface area contributed by atoms with Gasteiger partial charge in [-0.25, -0.2) is 0 Å². The van der Waals surface area contributed by atoms with E-state index in [-0.39, 0.29) is 0 Å². The van der Waals surface area contributed by atoms with Crippen LogP contribution in [0.5, 0.6) is 0 Å². The zero-order chi connectivity index (χ0) is 10.4. The third kappa shape index (κ3) is 1.43. The number of hydrogen-bond donors (Lipinski definition) is 0. The monoisotopic (exact) mass is 182 g/mol. The van der Waals surface area contributed by atoms with Crippen LogP contribution in [0, 0.1) is 28.6 Å². The molecule has 1 rings (SSSR count). The smallest absolute Gasteiger partial charge is 0.0272 e. The summed E-state index contributed by atoms with van der Waals surface area (Å²) in [6, 6.07) is 0. The largest absolute Gasteiger partial charge is 0.0622 e. The number of hydrogen-bond acceptors (Lipinski definition) is 0. The Hall–Kier alpha value is 0. The molecule has 0 spiro atoms. The van der Waals surface area contributed by atoms with Gasteiger partial charge < -0.3 is 0 Å². The number of rotatable bonds is 0. The molecular formula is C13H26. The van der Waals surface area contributed by atoms with Crippen LogP contribution in [0.15, 0.2) is 0 Å². The molecule has 13 heavy (non-hydrogen) atoms. The predicted octanol–water partition coefficient (Wildman–Crippen LogP) is 4.35. The highest BCUT2D eigenvalue weighted by atomic mass is 14.5. The molecule has 1 aliphatic carbocycles. The molecule has 0 aromatic carbocycles. The van der Waals surface area contributed by atoms with Crippen molar-refractivity contribution in [2.75, 3.05) is 0 Å². The van der Waals surface area contributed by atoms with Crippen LogP contribution in [0.4, 0.5) is 0 Å². The normalized spacial score (nSPS) is 43.2. The Morgan fingerprint density at radius 2 is 1.31 bits per heavy atom. The minimum Gasteiger partial charge on any atom is -0.0622 e. The summed E-state index contributed by atoms with van der Waals surface area (Å²) < 4.78 is 0. The third-order valence-corrected chi connectivity index (χ3v) is 5.61. The van der Waals surface area contributed by atoms with E-state index in [2.05, 4.69) is 48.5 Å². The molecule has 1 fully saturated rings. The summed E-state index contributed by atoms with van der Waals surface area (Å²) in [7, 11) is 0. The highest BCUT2D eigenvalue weighted by Gasteiger charge is 2.49. The molecule has 0 amide bonds. The lowest BCUT2D eigenvalue weighted by molar-refractivity contribution is -0.0729. The van der Waals surface area contributed by atoms with E-state index in [0.717, 1.165) is 17.8 Å². The quantitative estimate of drug-likeness (QED) is 0.522. The second-order valence-corrected chi connectivity index (χ2v) is 6.35. The maximum absolute atomic E-state index is 2.45. The first-order chi connectivity index (χ1) is 5.71. The Balaban J connectivity index is 3.00. The zero-order valence-corrected chi connectivity index (χ0v) is 10.4. The molecule has 78 valence electrons. The van der Waals surface area contributed by atoms with Crippen LogP contribution >= 0.6 is 0 Å². The van der Waals surface area contributed by atoms with Gasteiger partial charge in [0.25, 0.3) is 0 Å². The fourth-order valence-corrected chi connectivity index (χ4v) is 2.99. The van der Waals surface area contributed by atoms with Crippen molar-refractivity contribution in [2.45, 2.75) is 54.9 Å². The van der Waals surface area contributed by atoms with Crippen LogP contribution in [-0.2, 0) is 0 Å². The summed E-state index contributed by atoms with van der Waals surface area (Å²) >= 11 is 0. The van der Waals surface area contributed by atoms with Gasteiger partial charge in [-0.15, -0.1) is 0 Å². The van der Waals surface area contributed by atoms with E-state index < -0.39 is 0 Å². The van der Waals surface area contributed by atoms with Gasteiger partial charge in [-0.3, -0.25) is 0 Å². The van der Waals surface area contributed by atoms with Crippen LogP contribution in [0.2, 0.25) is 0 Å². The fourth-order valence-electron chi connectivity index (χ4n) is 2.99. The molecule has 0 radical (unpaired) electrons. The van der Waals surface area contributed by atoms with Crippen molar-refractivity contribution in [3.8, 4) is 0 Å². The Labute approximate surface area is 84.1 Å². The predicted molar refractivity (Wildman–Crippen MR) is 59.7 cm³/mol. The second kappa shape index (κ2) is 3.00.